The monoisotopic (exact) mass is 369 g/mol. The van der Waals surface area contributed by atoms with Gasteiger partial charge in [-0.05, 0) is 17.5 Å². The van der Waals surface area contributed by atoms with Crippen LogP contribution in [0.3, 0.4) is 0 Å². The van der Waals surface area contributed by atoms with Gasteiger partial charge in [0.1, 0.15) is 5.60 Å². The summed E-state index contributed by atoms with van der Waals surface area (Å²) in [5.74, 6) is -0.885. The Morgan fingerprint density at radius 1 is 1.41 bits per heavy atom. The van der Waals surface area contributed by atoms with Crippen LogP contribution in [0.25, 0.3) is 0 Å². The van der Waals surface area contributed by atoms with Crippen LogP contribution in [0.15, 0.2) is 36.5 Å². The van der Waals surface area contributed by atoms with E-state index in [1.54, 1.807) is 18.1 Å². The quantitative estimate of drug-likeness (QED) is 0.760. The fourth-order valence-corrected chi connectivity index (χ4v) is 4.63. The number of pyridine rings is 1. The summed E-state index contributed by atoms with van der Waals surface area (Å²) < 4.78 is 6.20. The minimum atomic E-state index is -0.640. The normalized spacial score (nSPS) is 31.5. The van der Waals surface area contributed by atoms with Gasteiger partial charge in [0.15, 0.2) is 0 Å². The molecule has 0 aliphatic carbocycles. The molecule has 6 heteroatoms. The van der Waals surface area contributed by atoms with Gasteiger partial charge in [0.2, 0.25) is 11.8 Å². The van der Waals surface area contributed by atoms with Gasteiger partial charge in [-0.25, -0.2) is 0 Å². The summed E-state index contributed by atoms with van der Waals surface area (Å²) in [7, 11) is 1.77. The van der Waals surface area contributed by atoms with E-state index in [4.69, 9.17) is 4.74 Å². The molecule has 0 N–H and O–H groups in total. The standard InChI is InChI=1S/C21H27N3O3/c1-20(2,3)12-24-13-21-9-8-15(27-21)16(17(21)19(24)26)18(25)23(4)11-14-7-5-6-10-22-14/h5-10,15-17H,11-13H2,1-4H3/t15-,16-,17-,21-/m0/s1. The largest absolute Gasteiger partial charge is 0.360 e. The van der Waals surface area contributed by atoms with Gasteiger partial charge in [-0.15, -0.1) is 0 Å². The highest BCUT2D eigenvalue weighted by atomic mass is 16.5. The van der Waals surface area contributed by atoms with Gasteiger partial charge in [0, 0.05) is 19.8 Å². The van der Waals surface area contributed by atoms with Crippen LogP contribution < -0.4 is 0 Å². The van der Waals surface area contributed by atoms with E-state index in [2.05, 4.69) is 25.8 Å². The molecule has 3 aliphatic heterocycles. The zero-order chi connectivity index (χ0) is 19.4. The van der Waals surface area contributed by atoms with Crippen molar-refractivity contribution in [2.75, 3.05) is 20.1 Å². The zero-order valence-corrected chi connectivity index (χ0v) is 16.4. The Labute approximate surface area is 160 Å². The van der Waals surface area contributed by atoms with Crippen molar-refractivity contribution in [3.05, 3.63) is 42.2 Å². The molecule has 4 atom stereocenters. The van der Waals surface area contributed by atoms with Crippen LogP contribution >= 0.6 is 0 Å². The summed E-state index contributed by atoms with van der Waals surface area (Å²) in [5.41, 5.74) is 0.191. The number of rotatable bonds is 4. The van der Waals surface area contributed by atoms with Crippen molar-refractivity contribution in [3.63, 3.8) is 0 Å². The Bertz CT molecular complexity index is 786. The third-order valence-electron chi connectivity index (χ3n) is 5.63. The van der Waals surface area contributed by atoms with Crippen LogP contribution in [0.5, 0.6) is 0 Å². The molecule has 2 amide bonds. The highest BCUT2D eigenvalue weighted by Crippen LogP contribution is 2.52. The second-order valence-corrected chi connectivity index (χ2v) is 9.17. The molecule has 4 rings (SSSR count). The number of amides is 2. The molecule has 1 spiro atoms. The Morgan fingerprint density at radius 3 is 2.85 bits per heavy atom. The van der Waals surface area contributed by atoms with E-state index in [0.29, 0.717) is 19.6 Å². The number of aromatic nitrogens is 1. The highest BCUT2D eigenvalue weighted by Gasteiger charge is 2.67. The smallest absolute Gasteiger partial charge is 0.230 e. The van der Waals surface area contributed by atoms with Crippen molar-refractivity contribution in [2.45, 2.75) is 39.0 Å². The first-order valence-corrected chi connectivity index (χ1v) is 9.51. The Hall–Kier alpha value is -2.21. The predicted octanol–water partition coefficient (Wildman–Crippen LogP) is 1.87. The molecule has 1 aromatic heterocycles. The van der Waals surface area contributed by atoms with Crippen LogP contribution in [0.4, 0.5) is 0 Å². The minimum absolute atomic E-state index is 0.00192. The number of ether oxygens (including phenoxy) is 1. The maximum absolute atomic E-state index is 13.2. The first-order valence-electron chi connectivity index (χ1n) is 9.51. The second-order valence-electron chi connectivity index (χ2n) is 9.17. The molecule has 0 aromatic carbocycles. The summed E-state index contributed by atoms with van der Waals surface area (Å²) in [5, 5.41) is 0. The van der Waals surface area contributed by atoms with Gasteiger partial charge < -0.3 is 14.5 Å². The van der Waals surface area contributed by atoms with E-state index >= 15 is 0 Å². The SMILES string of the molecule is CN(Cc1ccccn1)C(=O)[C@H]1[C@@H]2C=C[C@@]3(CN(CC(C)(C)C)C(=O)[C@H]13)O2. The topological polar surface area (TPSA) is 62.7 Å². The van der Waals surface area contributed by atoms with Gasteiger partial charge in [0.25, 0.3) is 0 Å². The van der Waals surface area contributed by atoms with Crippen molar-refractivity contribution >= 4 is 11.8 Å². The van der Waals surface area contributed by atoms with E-state index in [-0.39, 0.29) is 23.3 Å². The van der Waals surface area contributed by atoms with E-state index in [9.17, 15) is 9.59 Å². The number of hydrogen-bond acceptors (Lipinski definition) is 4. The fourth-order valence-electron chi connectivity index (χ4n) is 4.63. The molecule has 4 heterocycles. The summed E-state index contributed by atoms with van der Waals surface area (Å²) in [4.78, 5) is 34.2. The maximum atomic E-state index is 13.2. The lowest BCUT2D eigenvalue weighted by molar-refractivity contribution is -0.143. The van der Waals surface area contributed by atoms with E-state index < -0.39 is 17.4 Å². The molecule has 6 nitrogen and oxygen atoms in total. The number of carbonyl (C=O) groups is 2. The molecular weight excluding hydrogens is 342 g/mol. The molecule has 0 unspecified atom stereocenters. The predicted molar refractivity (Wildman–Crippen MR) is 100 cm³/mol. The molecular formula is C21H27N3O3. The van der Waals surface area contributed by atoms with Crippen molar-refractivity contribution in [1.29, 1.82) is 0 Å². The molecule has 2 fully saturated rings. The molecule has 144 valence electrons. The molecule has 0 saturated carbocycles. The number of likely N-dealkylation sites (tertiary alicyclic amines) is 1. The molecule has 2 bridgehead atoms. The van der Waals surface area contributed by atoms with Crippen LogP contribution in [-0.4, -0.2) is 58.4 Å². The van der Waals surface area contributed by atoms with Crippen molar-refractivity contribution < 1.29 is 14.3 Å². The third-order valence-corrected chi connectivity index (χ3v) is 5.63. The first-order chi connectivity index (χ1) is 12.7. The minimum Gasteiger partial charge on any atom is -0.360 e. The molecule has 27 heavy (non-hydrogen) atoms. The number of fused-ring (bicyclic) bond motifs is 1. The molecule has 2 saturated heterocycles. The van der Waals surface area contributed by atoms with Gasteiger partial charge in [-0.1, -0.05) is 39.0 Å². The molecule has 0 radical (unpaired) electrons. The van der Waals surface area contributed by atoms with Crippen molar-refractivity contribution in [1.82, 2.24) is 14.8 Å². The third kappa shape index (κ3) is 3.06. The van der Waals surface area contributed by atoms with Crippen molar-refractivity contribution in [3.8, 4) is 0 Å². The second kappa shape index (κ2) is 6.16. The van der Waals surface area contributed by atoms with Crippen LogP contribution in [0.2, 0.25) is 0 Å². The van der Waals surface area contributed by atoms with Gasteiger partial charge in [-0.2, -0.15) is 0 Å². The number of nitrogens with zero attached hydrogens (tertiary/aromatic N) is 3. The van der Waals surface area contributed by atoms with Crippen LogP contribution in [0.1, 0.15) is 26.5 Å². The first kappa shape index (κ1) is 18.2. The lowest BCUT2D eigenvalue weighted by Gasteiger charge is -2.29. The van der Waals surface area contributed by atoms with Gasteiger partial charge in [0.05, 0.1) is 36.7 Å². The lowest BCUT2D eigenvalue weighted by Crippen LogP contribution is -2.45. The van der Waals surface area contributed by atoms with E-state index in [0.717, 1.165) is 5.69 Å². The molecule has 3 aliphatic rings. The fraction of sp³-hybridized carbons (Fsp3) is 0.571. The Balaban J connectivity index is 1.55. The van der Waals surface area contributed by atoms with Gasteiger partial charge >= 0.3 is 0 Å². The summed E-state index contributed by atoms with van der Waals surface area (Å²) >= 11 is 0. The zero-order valence-electron chi connectivity index (χ0n) is 16.4. The van der Waals surface area contributed by atoms with Crippen LogP contribution in [-0.2, 0) is 20.9 Å². The van der Waals surface area contributed by atoms with E-state index in [1.165, 1.54) is 0 Å². The lowest BCUT2D eigenvalue weighted by atomic mass is 9.76. The molecule has 1 aromatic rings. The summed E-state index contributed by atoms with van der Waals surface area (Å²) in [6.45, 7) is 7.97. The maximum Gasteiger partial charge on any atom is 0.230 e. The summed E-state index contributed by atoms with van der Waals surface area (Å²) in [6.07, 6.45) is 5.37. The average Bonchev–Trinajstić information content (AvgIpc) is 3.22. The van der Waals surface area contributed by atoms with E-state index in [1.807, 2.05) is 35.3 Å². The van der Waals surface area contributed by atoms with Gasteiger partial charge in [-0.3, -0.25) is 14.6 Å². The highest BCUT2D eigenvalue weighted by molar-refractivity contribution is 5.93. The van der Waals surface area contributed by atoms with Crippen molar-refractivity contribution in [2.24, 2.45) is 17.3 Å². The Kier molecular flexibility index (Phi) is 4.14. The Morgan fingerprint density at radius 2 is 2.19 bits per heavy atom. The average molecular weight is 369 g/mol. The van der Waals surface area contributed by atoms with Crippen LogP contribution in [0, 0.1) is 17.3 Å². The summed E-state index contributed by atoms with van der Waals surface area (Å²) in [6, 6.07) is 5.66. The number of carbonyl (C=O) groups excluding carboxylic acids is 2. The number of hydrogen-bond donors (Lipinski definition) is 0.